The summed E-state index contributed by atoms with van der Waals surface area (Å²) in [7, 11) is 0. The molecule has 0 atom stereocenters. The van der Waals surface area contributed by atoms with Crippen molar-refractivity contribution in [1.29, 1.82) is 0 Å². The van der Waals surface area contributed by atoms with Crippen LogP contribution in [0.3, 0.4) is 0 Å². The fourth-order valence-electron chi connectivity index (χ4n) is 2.59. The molecule has 2 rings (SSSR count). The number of nitrogens with two attached hydrogens (primary N) is 2. The fraction of sp³-hybridized carbons (Fsp3) is 0.615. The summed E-state index contributed by atoms with van der Waals surface area (Å²) in [6, 6.07) is 0.223. The standard InChI is InChI=1S/C13H21N8O4/c14-9-3-1-8(2-4-9)5-16-12-10(21(24)25)6-17-13(19-12)18-7-11(22)20(15)23/h6,8-9H,1-5,7,14H2,(H2,15,23)(H2,16,17,18,19)/q+1. The maximum Gasteiger partial charge on any atom is 0.484 e. The second-order valence-electron chi connectivity index (χ2n) is 5.92. The molecule has 0 saturated heterocycles. The normalized spacial score (nSPS) is 19.9. The number of nitroso groups, excluding NO2 is 1. The molecule has 1 saturated carbocycles. The number of hydrogen-bond donors (Lipinski definition) is 4. The number of rotatable bonds is 7. The molecule has 1 fully saturated rings. The number of nitrogens with zero attached hydrogens (tertiary/aromatic N) is 4. The van der Waals surface area contributed by atoms with Crippen LogP contribution in [0.4, 0.5) is 17.5 Å². The minimum Gasteiger partial charge on any atom is -0.364 e. The van der Waals surface area contributed by atoms with Crippen LogP contribution in [-0.2, 0) is 4.79 Å². The molecule has 25 heavy (non-hydrogen) atoms. The van der Waals surface area contributed by atoms with Crippen molar-refractivity contribution < 1.29 is 14.6 Å². The van der Waals surface area contributed by atoms with Crippen LogP contribution in [0.1, 0.15) is 25.7 Å². The highest BCUT2D eigenvalue weighted by molar-refractivity contribution is 5.72. The second-order valence-corrected chi connectivity index (χ2v) is 5.92. The third-order valence-electron chi connectivity index (χ3n) is 4.06. The molecule has 0 bridgehead atoms. The van der Waals surface area contributed by atoms with E-state index in [0.717, 1.165) is 31.9 Å². The van der Waals surface area contributed by atoms with E-state index >= 15 is 0 Å². The predicted molar refractivity (Wildman–Crippen MR) is 88.4 cm³/mol. The molecule has 0 radical (unpaired) electrons. The van der Waals surface area contributed by atoms with E-state index in [1.165, 1.54) is 0 Å². The number of hydrogen-bond acceptors (Lipinski definition) is 9. The maximum absolute atomic E-state index is 11.2. The van der Waals surface area contributed by atoms with Gasteiger partial charge in [-0.2, -0.15) is 10.8 Å². The molecule has 136 valence electrons. The summed E-state index contributed by atoms with van der Waals surface area (Å²) < 4.78 is 0. The summed E-state index contributed by atoms with van der Waals surface area (Å²) in [4.78, 5) is 39.8. The number of carbonyl (C=O) groups is 1. The Morgan fingerprint density at radius 1 is 1.28 bits per heavy atom. The molecule has 1 amide bonds. The Balaban J connectivity index is 2.03. The average Bonchev–Trinajstić information content (AvgIpc) is 2.58. The molecule has 0 spiro atoms. The van der Waals surface area contributed by atoms with Crippen molar-refractivity contribution in [3.8, 4) is 0 Å². The lowest BCUT2D eigenvalue weighted by Gasteiger charge is -2.26. The number of nitrogens with one attached hydrogen (secondary N) is 2. The van der Waals surface area contributed by atoms with Gasteiger partial charge in [-0.05, 0) is 31.6 Å². The first kappa shape index (κ1) is 18.4. The molecule has 0 aliphatic heterocycles. The minimum absolute atomic E-state index is 0.0195. The first-order chi connectivity index (χ1) is 11.9. The van der Waals surface area contributed by atoms with Gasteiger partial charge in [-0.1, -0.05) is 0 Å². The summed E-state index contributed by atoms with van der Waals surface area (Å²) in [5, 5.41) is 16.6. The summed E-state index contributed by atoms with van der Waals surface area (Å²) in [5.74, 6) is 4.24. The van der Waals surface area contributed by atoms with Gasteiger partial charge in [-0.25, -0.2) is 9.78 Å². The molecule has 1 aliphatic rings. The van der Waals surface area contributed by atoms with Gasteiger partial charge in [0.05, 0.1) is 9.83 Å². The lowest BCUT2D eigenvalue weighted by atomic mass is 9.86. The van der Waals surface area contributed by atoms with Crippen LogP contribution in [0.15, 0.2) is 6.20 Å². The van der Waals surface area contributed by atoms with E-state index in [4.69, 9.17) is 11.6 Å². The molecule has 0 unspecified atom stereocenters. The summed E-state index contributed by atoms with van der Waals surface area (Å²) in [6.45, 7) is 0.109. The summed E-state index contributed by atoms with van der Waals surface area (Å²) >= 11 is 0. The minimum atomic E-state index is -0.921. The maximum atomic E-state index is 11.2. The van der Waals surface area contributed by atoms with E-state index in [1.54, 1.807) is 0 Å². The zero-order valence-corrected chi connectivity index (χ0v) is 13.6. The van der Waals surface area contributed by atoms with Crippen LogP contribution in [0, 0.1) is 20.9 Å². The lowest BCUT2D eigenvalue weighted by molar-refractivity contribution is -0.478. The van der Waals surface area contributed by atoms with E-state index in [-0.39, 0.29) is 28.4 Å². The topological polar surface area (TPSA) is 182 Å². The van der Waals surface area contributed by atoms with Crippen LogP contribution in [0.2, 0.25) is 0 Å². The second kappa shape index (κ2) is 8.28. The summed E-state index contributed by atoms with van der Waals surface area (Å²) in [6.07, 6.45) is 4.79. The van der Waals surface area contributed by atoms with E-state index in [2.05, 4.69) is 20.6 Å². The van der Waals surface area contributed by atoms with E-state index in [9.17, 15) is 19.8 Å². The van der Waals surface area contributed by atoms with Gasteiger partial charge < -0.3 is 16.4 Å². The van der Waals surface area contributed by atoms with Crippen LogP contribution < -0.4 is 22.2 Å². The van der Waals surface area contributed by atoms with E-state index in [1.807, 2.05) is 0 Å². The van der Waals surface area contributed by atoms with Gasteiger partial charge in [0.1, 0.15) is 6.20 Å². The summed E-state index contributed by atoms with van der Waals surface area (Å²) in [5.41, 5.74) is 5.60. The molecule has 12 nitrogen and oxygen atoms in total. The van der Waals surface area contributed by atoms with Crippen LogP contribution in [0.25, 0.3) is 0 Å². The molecule has 1 heterocycles. The van der Waals surface area contributed by atoms with Crippen molar-refractivity contribution in [2.24, 2.45) is 17.5 Å². The van der Waals surface area contributed by atoms with Crippen molar-refractivity contribution in [2.45, 2.75) is 31.7 Å². The Kier molecular flexibility index (Phi) is 6.11. The fourth-order valence-corrected chi connectivity index (χ4v) is 2.59. The number of anilines is 2. The van der Waals surface area contributed by atoms with Crippen LogP contribution >= 0.6 is 0 Å². The van der Waals surface area contributed by atoms with Crippen molar-refractivity contribution in [3.05, 3.63) is 21.2 Å². The van der Waals surface area contributed by atoms with Gasteiger partial charge in [0.2, 0.25) is 11.8 Å². The molecule has 1 aromatic heterocycles. The Labute approximate surface area is 143 Å². The van der Waals surface area contributed by atoms with Crippen molar-refractivity contribution >= 4 is 23.4 Å². The third kappa shape index (κ3) is 5.31. The van der Waals surface area contributed by atoms with Gasteiger partial charge >= 0.3 is 11.6 Å². The van der Waals surface area contributed by atoms with Crippen LogP contribution in [-0.4, -0.2) is 44.8 Å². The number of hydrazine groups is 1. The highest BCUT2D eigenvalue weighted by Crippen LogP contribution is 2.26. The van der Waals surface area contributed by atoms with E-state index < -0.39 is 17.4 Å². The first-order valence-electron chi connectivity index (χ1n) is 7.86. The lowest BCUT2D eigenvalue weighted by Crippen LogP contribution is -2.31. The molecule has 0 aromatic carbocycles. The van der Waals surface area contributed by atoms with Gasteiger partial charge in [-0.15, -0.1) is 0 Å². The van der Waals surface area contributed by atoms with Gasteiger partial charge in [0.15, 0.2) is 11.4 Å². The number of carbonyl (C=O) groups excluding carboxylic acids is 1. The van der Waals surface area contributed by atoms with Crippen molar-refractivity contribution in [1.82, 2.24) is 9.97 Å². The number of nitro groups is 1. The molecule has 1 aliphatic carbocycles. The largest absolute Gasteiger partial charge is 0.484 e. The SMILES string of the molecule is NC1CCC(CNc2nc(NCC(=O)[N+](N)=O)ncc2[N+](=O)[O-])CC1. The average molecular weight is 353 g/mol. The molecular formula is C13H21N8O4+. The predicted octanol–water partition coefficient (Wildman–Crippen LogP) is -0.0947. The quantitative estimate of drug-likeness (QED) is 0.170. The van der Waals surface area contributed by atoms with Gasteiger partial charge in [0.25, 0.3) is 0 Å². The molecule has 1 aromatic rings. The number of amides is 1. The highest BCUT2D eigenvalue weighted by Gasteiger charge is 2.23. The Morgan fingerprint density at radius 2 is 1.96 bits per heavy atom. The Morgan fingerprint density at radius 3 is 2.56 bits per heavy atom. The third-order valence-corrected chi connectivity index (χ3v) is 4.06. The molecule has 12 heteroatoms. The zero-order chi connectivity index (χ0) is 18.4. The van der Waals surface area contributed by atoms with Crippen LogP contribution in [0.5, 0.6) is 0 Å². The zero-order valence-electron chi connectivity index (χ0n) is 13.6. The smallest absolute Gasteiger partial charge is 0.364 e. The number of aromatic nitrogens is 2. The van der Waals surface area contributed by atoms with Crippen molar-refractivity contribution in [2.75, 3.05) is 23.7 Å². The van der Waals surface area contributed by atoms with Gasteiger partial charge in [0, 0.05) is 12.6 Å². The molecular weight excluding hydrogens is 332 g/mol. The van der Waals surface area contributed by atoms with E-state index in [0.29, 0.717) is 12.5 Å². The highest BCUT2D eigenvalue weighted by atomic mass is 16.6. The first-order valence-corrected chi connectivity index (χ1v) is 7.86. The molecule has 6 N–H and O–H groups in total. The van der Waals surface area contributed by atoms with Crippen molar-refractivity contribution in [3.63, 3.8) is 0 Å². The Bertz CT molecular complexity index is 659. The monoisotopic (exact) mass is 353 g/mol. The van der Waals surface area contributed by atoms with Gasteiger partial charge in [-0.3, -0.25) is 10.1 Å². The Hall–Kier alpha value is -2.89.